The van der Waals surface area contributed by atoms with E-state index in [1.165, 1.54) is 11.8 Å². The van der Waals surface area contributed by atoms with Crippen molar-refractivity contribution in [1.29, 1.82) is 0 Å². The van der Waals surface area contributed by atoms with Gasteiger partial charge in [0.25, 0.3) is 11.7 Å². The van der Waals surface area contributed by atoms with E-state index in [1.807, 2.05) is 25.3 Å². The molecule has 0 saturated carbocycles. The van der Waals surface area contributed by atoms with E-state index < -0.39 is 0 Å². The molecule has 1 unspecified atom stereocenters. The monoisotopic (exact) mass is 507 g/mol. The Morgan fingerprint density at radius 3 is 2.97 bits per heavy atom. The second-order valence-electron chi connectivity index (χ2n) is 6.95. The van der Waals surface area contributed by atoms with Crippen LogP contribution >= 0.6 is 27.7 Å². The molecule has 1 atom stereocenters. The molecule has 1 aliphatic heterocycles. The summed E-state index contributed by atoms with van der Waals surface area (Å²) >= 11 is 4.90. The molecular weight excluding hydrogens is 486 g/mol. The highest BCUT2D eigenvalue weighted by molar-refractivity contribution is 9.10. The number of nitrogens with zero attached hydrogens (tertiary/aromatic N) is 5. The molecule has 1 aliphatic rings. The van der Waals surface area contributed by atoms with Crippen molar-refractivity contribution in [3.8, 4) is 11.6 Å². The Labute approximate surface area is 192 Å². The summed E-state index contributed by atoms with van der Waals surface area (Å²) in [5, 5.41) is 5.03. The summed E-state index contributed by atoms with van der Waals surface area (Å²) in [5.74, 6) is 1.58. The molecule has 4 rings (SSSR count). The maximum atomic E-state index is 13.1. The van der Waals surface area contributed by atoms with Gasteiger partial charge >= 0.3 is 0 Å². The summed E-state index contributed by atoms with van der Waals surface area (Å²) in [6, 6.07) is 7.16. The molecule has 3 heterocycles. The van der Waals surface area contributed by atoms with Gasteiger partial charge in [0, 0.05) is 22.8 Å². The van der Waals surface area contributed by atoms with Gasteiger partial charge in [-0.15, -0.1) is 5.10 Å². The van der Waals surface area contributed by atoms with Crippen LogP contribution in [0.25, 0.3) is 5.78 Å². The number of ether oxygens (including phenoxy) is 3. The Morgan fingerprint density at radius 2 is 2.19 bits per heavy atom. The second kappa shape index (κ2) is 9.41. The Kier molecular flexibility index (Phi) is 6.63. The number of thioether (sulfide) groups is 1. The number of methoxy groups -OCH3 is 1. The lowest BCUT2D eigenvalue weighted by atomic mass is 10.1. The smallest absolute Gasteiger partial charge is 0.256 e. The van der Waals surface area contributed by atoms with Gasteiger partial charge in [-0.2, -0.15) is 9.50 Å². The van der Waals surface area contributed by atoms with Crippen molar-refractivity contribution in [3.05, 3.63) is 40.0 Å². The van der Waals surface area contributed by atoms with E-state index in [4.69, 9.17) is 14.2 Å². The molecule has 1 saturated heterocycles. The minimum absolute atomic E-state index is 0.0814. The highest BCUT2D eigenvalue weighted by Crippen LogP contribution is 2.25. The highest BCUT2D eigenvalue weighted by Gasteiger charge is 2.27. The van der Waals surface area contributed by atoms with E-state index in [2.05, 4.69) is 31.0 Å². The van der Waals surface area contributed by atoms with Crippen molar-refractivity contribution >= 4 is 39.4 Å². The van der Waals surface area contributed by atoms with Crippen LogP contribution in [0.4, 0.5) is 0 Å². The van der Waals surface area contributed by atoms with Gasteiger partial charge in [0.05, 0.1) is 25.8 Å². The van der Waals surface area contributed by atoms with Crippen molar-refractivity contribution in [2.24, 2.45) is 0 Å². The predicted molar refractivity (Wildman–Crippen MR) is 119 cm³/mol. The van der Waals surface area contributed by atoms with E-state index in [0.717, 1.165) is 10.2 Å². The molecule has 2 aromatic heterocycles. The lowest BCUT2D eigenvalue weighted by Crippen LogP contribution is -2.47. The van der Waals surface area contributed by atoms with Crippen LogP contribution in [0.15, 0.2) is 33.9 Å². The largest absolute Gasteiger partial charge is 0.497 e. The summed E-state index contributed by atoms with van der Waals surface area (Å²) in [6.45, 7) is 3.52. The zero-order valence-corrected chi connectivity index (χ0v) is 19.8. The van der Waals surface area contributed by atoms with Gasteiger partial charge in [-0.25, -0.2) is 4.98 Å². The third-order valence-electron chi connectivity index (χ3n) is 4.82. The van der Waals surface area contributed by atoms with E-state index in [9.17, 15) is 4.79 Å². The molecule has 0 radical (unpaired) electrons. The molecule has 3 aromatic rings. The number of carbonyl (C=O) groups excluding carboxylic acids is 1. The van der Waals surface area contributed by atoms with Crippen LogP contribution in [0.1, 0.15) is 16.1 Å². The number of morpholine rings is 1. The van der Waals surface area contributed by atoms with E-state index in [0.29, 0.717) is 47.8 Å². The molecule has 0 spiro atoms. The quantitative estimate of drug-likeness (QED) is 0.470. The van der Waals surface area contributed by atoms with Crippen molar-refractivity contribution in [2.75, 3.05) is 39.7 Å². The number of benzene rings is 1. The number of amides is 1. The third-order valence-corrected chi connectivity index (χ3v) is 6.05. The van der Waals surface area contributed by atoms with E-state index >= 15 is 0 Å². The Balaban J connectivity index is 1.46. The zero-order chi connectivity index (χ0) is 22.0. The first-order valence-electron chi connectivity index (χ1n) is 9.64. The number of aromatic nitrogens is 4. The van der Waals surface area contributed by atoms with E-state index in [1.54, 1.807) is 28.7 Å². The maximum absolute atomic E-state index is 13.1. The van der Waals surface area contributed by atoms with Gasteiger partial charge in [0.15, 0.2) is 0 Å². The maximum Gasteiger partial charge on any atom is 0.256 e. The predicted octanol–water partition coefficient (Wildman–Crippen LogP) is 2.85. The number of carbonyl (C=O) groups is 1. The van der Waals surface area contributed by atoms with Crippen LogP contribution in [0, 0.1) is 6.92 Å². The van der Waals surface area contributed by atoms with Gasteiger partial charge in [-0.05, 0) is 47.3 Å². The zero-order valence-electron chi connectivity index (χ0n) is 17.4. The van der Waals surface area contributed by atoms with Crippen LogP contribution < -0.4 is 9.47 Å². The number of hydrogen-bond acceptors (Lipinski definition) is 8. The molecule has 0 aliphatic carbocycles. The Bertz CT molecular complexity index is 1110. The fourth-order valence-electron chi connectivity index (χ4n) is 3.27. The molecule has 11 heteroatoms. The van der Waals surface area contributed by atoms with Crippen LogP contribution in [-0.4, -0.2) is 76.2 Å². The number of fused-ring (bicyclic) bond motifs is 1. The van der Waals surface area contributed by atoms with Crippen molar-refractivity contribution in [3.63, 3.8) is 0 Å². The summed E-state index contributed by atoms with van der Waals surface area (Å²) in [5.41, 5.74) is 1.34. The summed E-state index contributed by atoms with van der Waals surface area (Å²) < 4.78 is 19.4. The van der Waals surface area contributed by atoms with Crippen LogP contribution in [0.2, 0.25) is 0 Å². The fourth-order valence-corrected chi connectivity index (χ4v) is 4.03. The summed E-state index contributed by atoms with van der Waals surface area (Å²) in [4.78, 5) is 23.6. The topological polar surface area (TPSA) is 91.1 Å². The number of rotatable bonds is 6. The normalized spacial score (nSPS) is 16.5. The Hall–Kier alpha value is -2.37. The fraction of sp³-hybridized carbons (Fsp3) is 0.400. The van der Waals surface area contributed by atoms with Crippen LogP contribution in [0.5, 0.6) is 11.6 Å². The van der Waals surface area contributed by atoms with Gasteiger partial charge < -0.3 is 19.1 Å². The minimum Gasteiger partial charge on any atom is -0.497 e. The molecule has 9 nitrogen and oxygen atoms in total. The van der Waals surface area contributed by atoms with Crippen molar-refractivity contribution in [1.82, 2.24) is 24.5 Å². The molecule has 1 amide bonds. The van der Waals surface area contributed by atoms with Gasteiger partial charge in [0.2, 0.25) is 11.0 Å². The molecule has 31 heavy (non-hydrogen) atoms. The third kappa shape index (κ3) is 4.78. The van der Waals surface area contributed by atoms with Crippen LogP contribution in [0.3, 0.4) is 0 Å². The molecule has 164 valence electrons. The SMILES string of the molecule is COc1ccc(Br)c(C(=O)N2CCOC(COc3cc(C)nc4nc(SC)nn34)C2)c1. The standard InChI is InChI=1S/C20H22BrN5O4S/c1-12-8-17(26-19(22-12)23-20(24-26)31-3)30-11-14-10-25(6-7-29-14)18(27)15-9-13(28-2)4-5-16(15)21/h4-5,8-9,14H,6-7,10-11H2,1-3H3. The van der Waals surface area contributed by atoms with E-state index in [-0.39, 0.29) is 18.6 Å². The average Bonchev–Trinajstić information content (AvgIpc) is 3.20. The lowest BCUT2D eigenvalue weighted by molar-refractivity contribution is -0.0410. The van der Waals surface area contributed by atoms with Crippen molar-refractivity contribution in [2.45, 2.75) is 18.2 Å². The number of halogens is 1. The first-order valence-corrected chi connectivity index (χ1v) is 11.7. The molecule has 1 fully saturated rings. The molecule has 0 N–H and O–H groups in total. The number of hydrogen-bond donors (Lipinski definition) is 0. The van der Waals surface area contributed by atoms with Crippen LogP contribution in [-0.2, 0) is 4.74 Å². The first-order chi connectivity index (χ1) is 15.0. The second-order valence-corrected chi connectivity index (χ2v) is 8.57. The minimum atomic E-state index is -0.269. The van der Waals surface area contributed by atoms with Gasteiger partial charge in [0.1, 0.15) is 18.5 Å². The summed E-state index contributed by atoms with van der Waals surface area (Å²) in [6.07, 6.45) is 1.64. The number of aryl methyl sites for hydroxylation is 1. The first kappa shape index (κ1) is 21.8. The van der Waals surface area contributed by atoms with Gasteiger partial charge in [-0.3, -0.25) is 4.79 Å². The lowest BCUT2D eigenvalue weighted by Gasteiger charge is -2.33. The molecular formula is C20H22BrN5O4S. The Morgan fingerprint density at radius 1 is 1.35 bits per heavy atom. The van der Waals surface area contributed by atoms with Crippen molar-refractivity contribution < 1.29 is 19.0 Å². The summed E-state index contributed by atoms with van der Waals surface area (Å²) in [7, 11) is 1.58. The molecule has 1 aromatic carbocycles. The average molecular weight is 508 g/mol. The molecule has 0 bridgehead atoms. The van der Waals surface area contributed by atoms with Gasteiger partial charge in [-0.1, -0.05) is 11.8 Å². The highest BCUT2D eigenvalue weighted by atomic mass is 79.9.